The van der Waals surface area contributed by atoms with Gasteiger partial charge in [0.2, 0.25) is 0 Å². The molecule has 1 heterocycles. The summed E-state index contributed by atoms with van der Waals surface area (Å²) in [6.07, 6.45) is 3.01. The van der Waals surface area contributed by atoms with Gasteiger partial charge in [0.1, 0.15) is 0 Å². The summed E-state index contributed by atoms with van der Waals surface area (Å²) < 4.78 is 0. The van der Waals surface area contributed by atoms with Gasteiger partial charge in [-0.25, -0.2) is 9.89 Å². The molecule has 0 aliphatic rings. The molecule has 80 valence electrons. The molecule has 0 unspecified atom stereocenters. The molecule has 0 amide bonds. The first-order valence-electron chi connectivity index (χ1n) is 4.60. The van der Waals surface area contributed by atoms with Crippen LogP contribution < -0.4 is 11.1 Å². The van der Waals surface area contributed by atoms with Gasteiger partial charge in [0.25, 0.3) is 0 Å². The van der Waals surface area contributed by atoms with Gasteiger partial charge in [-0.2, -0.15) is 15.2 Å². The lowest BCUT2D eigenvalue weighted by Gasteiger charge is -1.95. The van der Waals surface area contributed by atoms with Crippen molar-refractivity contribution >= 4 is 12.0 Å². The Bertz CT molecular complexity index is 534. The minimum absolute atomic E-state index is 0.302. The highest BCUT2D eigenvalue weighted by Gasteiger charge is 1.91. The quantitative estimate of drug-likeness (QED) is 0.580. The summed E-state index contributed by atoms with van der Waals surface area (Å²) in [5.74, 6) is 0.302. The second-order valence-corrected chi connectivity index (χ2v) is 2.95. The molecule has 0 aliphatic carbocycles. The zero-order valence-corrected chi connectivity index (χ0v) is 8.29. The average molecular weight is 215 g/mol. The minimum atomic E-state index is -0.514. The van der Waals surface area contributed by atoms with Gasteiger partial charge in [0.05, 0.1) is 12.4 Å². The SMILES string of the molecule is O=c1nc(N/N=C\c2ccccc2)cn[nH]1. The fourth-order valence-electron chi connectivity index (χ4n) is 1.08. The number of hydrogen-bond acceptors (Lipinski definition) is 5. The maximum atomic E-state index is 10.8. The topological polar surface area (TPSA) is 83.0 Å². The number of rotatable bonds is 3. The van der Waals surface area contributed by atoms with Crippen molar-refractivity contribution in [2.75, 3.05) is 5.43 Å². The van der Waals surface area contributed by atoms with Gasteiger partial charge in [-0.3, -0.25) is 5.43 Å². The zero-order chi connectivity index (χ0) is 11.2. The highest BCUT2D eigenvalue weighted by molar-refractivity contribution is 5.79. The molecule has 6 nitrogen and oxygen atoms in total. The van der Waals surface area contributed by atoms with E-state index in [4.69, 9.17) is 0 Å². The van der Waals surface area contributed by atoms with Crippen molar-refractivity contribution in [3.63, 3.8) is 0 Å². The van der Waals surface area contributed by atoms with Crippen LogP contribution in [0.25, 0.3) is 0 Å². The molecule has 0 saturated heterocycles. The Morgan fingerprint density at radius 3 is 2.88 bits per heavy atom. The highest BCUT2D eigenvalue weighted by atomic mass is 16.1. The second-order valence-electron chi connectivity index (χ2n) is 2.95. The number of H-pyrrole nitrogens is 1. The molecule has 0 atom stereocenters. The largest absolute Gasteiger partial charge is 0.363 e. The number of aromatic amines is 1. The van der Waals surface area contributed by atoms with Crippen LogP contribution in [0.4, 0.5) is 5.82 Å². The Balaban J connectivity index is 2.03. The second kappa shape index (κ2) is 4.83. The number of nitrogens with zero attached hydrogens (tertiary/aromatic N) is 3. The summed E-state index contributed by atoms with van der Waals surface area (Å²) in [5, 5.41) is 9.67. The normalized spacial score (nSPS) is 10.5. The summed E-state index contributed by atoms with van der Waals surface area (Å²) in [5.41, 5.74) is 3.05. The monoisotopic (exact) mass is 215 g/mol. The van der Waals surface area contributed by atoms with Crippen LogP contribution in [0.3, 0.4) is 0 Å². The van der Waals surface area contributed by atoms with Crippen LogP contribution in [0.5, 0.6) is 0 Å². The molecule has 0 spiro atoms. The van der Waals surface area contributed by atoms with Crippen molar-refractivity contribution in [2.45, 2.75) is 0 Å². The molecule has 2 N–H and O–H groups in total. The maximum Gasteiger partial charge on any atom is 0.363 e. The van der Waals surface area contributed by atoms with E-state index in [1.807, 2.05) is 30.3 Å². The third-order valence-electron chi connectivity index (χ3n) is 1.76. The van der Waals surface area contributed by atoms with E-state index in [-0.39, 0.29) is 0 Å². The van der Waals surface area contributed by atoms with Gasteiger partial charge in [0.15, 0.2) is 5.82 Å². The first-order valence-corrected chi connectivity index (χ1v) is 4.60. The van der Waals surface area contributed by atoms with Crippen LogP contribution >= 0.6 is 0 Å². The molecule has 2 aromatic rings. The first-order chi connectivity index (χ1) is 7.84. The van der Waals surface area contributed by atoms with Crippen LogP contribution in [-0.2, 0) is 0 Å². The van der Waals surface area contributed by atoms with Gasteiger partial charge >= 0.3 is 5.69 Å². The van der Waals surface area contributed by atoms with Crippen LogP contribution in [0.2, 0.25) is 0 Å². The molecule has 6 heteroatoms. The molecule has 0 aliphatic heterocycles. The highest BCUT2D eigenvalue weighted by Crippen LogP contribution is 1.96. The molecule has 2 rings (SSSR count). The van der Waals surface area contributed by atoms with Crippen molar-refractivity contribution in [1.29, 1.82) is 0 Å². The van der Waals surface area contributed by atoms with E-state index >= 15 is 0 Å². The van der Waals surface area contributed by atoms with Crippen LogP contribution in [0.1, 0.15) is 5.56 Å². The molecule has 1 aromatic heterocycles. The van der Waals surface area contributed by atoms with Gasteiger partial charge in [-0.05, 0) is 5.56 Å². The van der Waals surface area contributed by atoms with Crippen molar-refractivity contribution in [3.05, 3.63) is 52.6 Å². The van der Waals surface area contributed by atoms with Gasteiger partial charge in [-0.15, -0.1) is 0 Å². The van der Waals surface area contributed by atoms with E-state index in [0.29, 0.717) is 5.82 Å². The van der Waals surface area contributed by atoms with E-state index in [0.717, 1.165) is 5.56 Å². The summed E-state index contributed by atoms with van der Waals surface area (Å²) in [4.78, 5) is 14.4. The third-order valence-corrected chi connectivity index (χ3v) is 1.76. The number of hydrazone groups is 1. The maximum absolute atomic E-state index is 10.8. The standard InChI is InChI=1S/C10H9N5O/c16-10-13-9(7-12-15-10)14-11-6-8-4-2-1-3-5-8/h1-7H,(H2,13,14,15,16)/b11-6-. The van der Waals surface area contributed by atoms with Crippen LogP contribution in [0, 0.1) is 0 Å². The molecule has 16 heavy (non-hydrogen) atoms. The van der Waals surface area contributed by atoms with Crippen LogP contribution in [-0.4, -0.2) is 21.4 Å². The van der Waals surface area contributed by atoms with Crippen molar-refractivity contribution < 1.29 is 0 Å². The van der Waals surface area contributed by atoms with Crippen molar-refractivity contribution in [2.24, 2.45) is 5.10 Å². The zero-order valence-electron chi connectivity index (χ0n) is 8.29. The summed E-state index contributed by atoms with van der Waals surface area (Å²) in [7, 11) is 0. The van der Waals surface area contributed by atoms with Crippen molar-refractivity contribution in [3.8, 4) is 0 Å². The summed E-state index contributed by atoms with van der Waals surface area (Å²) >= 11 is 0. The molecule has 0 fully saturated rings. The molecule has 0 saturated carbocycles. The van der Waals surface area contributed by atoms with E-state index in [1.54, 1.807) is 6.21 Å². The van der Waals surface area contributed by atoms with E-state index in [2.05, 4.69) is 25.7 Å². The Labute approximate surface area is 91.1 Å². The van der Waals surface area contributed by atoms with Gasteiger partial charge in [0, 0.05) is 0 Å². The molecule has 0 radical (unpaired) electrons. The average Bonchev–Trinajstić information content (AvgIpc) is 2.30. The lowest BCUT2D eigenvalue weighted by Crippen LogP contribution is -2.13. The van der Waals surface area contributed by atoms with E-state index < -0.39 is 5.69 Å². The number of nitrogens with one attached hydrogen (secondary N) is 2. The lowest BCUT2D eigenvalue weighted by atomic mass is 10.2. The minimum Gasteiger partial charge on any atom is -0.260 e. The third kappa shape index (κ3) is 2.74. The van der Waals surface area contributed by atoms with Crippen molar-refractivity contribution in [1.82, 2.24) is 15.2 Å². The fraction of sp³-hybridized carbons (Fsp3) is 0. The Morgan fingerprint density at radius 1 is 1.31 bits per heavy atom. The number of aromatic nitrogens is 3. The number of benzene rings is 1. The molecular weight excluding hydrogens is 206 g/mol. The molecular formula is C10H9N5O. The Kier molecular flexibility index (Phi) is 3.03. The predicted octanol–water partition coefficient (Wildman–Crippen LogP) is 0.611. The van der Waals surface area contributed by atoms with E-state index in [9.17, 15) is 4.79 Å². The van der Waals surface area contributed by atoms with Gasteiger partial charge < -0.3 is 0 Å². The lowest BCUT2D eigenvalue weighted by molar-refractivity contribution is 0.913. The first kappa shape index (κ1) is 10.0. The fourth-order valence-corrected chi connectivity index (χ4v) is 1.08. The summed E-state index contributed by atoms with van der Waals surface area (Å²) in [6, 6.07) is 9.57. The Morgan fingerprint density at radius 2 is 2.12 bits per heavy atom. The van der Waals surface area contributed by atoms with Crippen LogP contribution in [0.15, 0.2) is 46.4 Å². The van der Waals surface area contributed by atoms with Gasteiger partial charge in [-0.1, -0.05) is 30.3 Å². The Hall–Kier alpha value is -2.50. The summed E-state index contributed by atoms with van der Waals surface area (Å²) in [6.45, 7) is 0. The molecule has 1 aromatic carbocycles. The predicted molar refractivity (Wildman–Crippen MR) is 60.3 cm³/mol. The molecule has 0 bridgehead atoms. The number of hydrogen-bond donors (Lipinski definition) is 2. The number of anilines is 1. The van der Waals surface area contributed by atoms with E-state index in [1.165, 1.54) is 6.20 Å². The smallest absolute Gasteiger partial charge is 0.260 e.